The van der Waals surface area contributed by atoms with Crippen LogP contribution in [-0.4, -0.2) is 30.8 Å². The van der Waals surface area contributed by atoms with Crippen molar-refractivity contribution in [1.29, 1.82) is 0 Å². The van der Waals surface area contributed by atoms with Gasteiger partial charge in [-0.25, -0.2) is 4.79 Å². The van der Waals surface area contributed by atoms with E-state index in [0.717, 1.165) is 11.1 Å². The Labute approximate surface area is 160 Å². The first-order chi connectivity index (χ1) is 13.3. The van der Waals surface area contributed by atoms with Crippen LogP contribution in [0.3, 0.4) is 0 Å². The number of rotatable bonds is 8. The highest BCUT2D eigenvalue weighted by Gasteiger charge is 2.34. The van der Waals surface area contributed by atoms with Gasteiger partial charge in [0, 0.05) is 6.54 Å². The van der Waals surface area contributed by atoms with Crippen molar-refractivity contribution in [2.24, 2.45) is 0 Å². The predicted octanol–water partition coefficient (Wildman–Crippen LogP) is 3.41. The first kappa shape index (κ1) is 19.1. The van der Waals surface area contributed by atoms with E-state index in [0.29, 0.717) is 19.8 Å². The molecule has 2 amide bonds. The number of carbonyl (C=O) groups excluding carboxylic acids is 1. The molecule has 0 bridgehead atoms. The number of carbonyl (C=O) groups is 1. The SMILES string of the molecule is CCNC(=O)N[C@@H]1C=C[C@@H](OCc2ccccc2)[C@H]1OCc1ccccc1. The van der Waals surface area contributed by atoms with Crippen molar-refractivity contribution in [2.45, 2.75) is 38.4 Å². The third-order valence-electron chi connectivity index (χ3n) is 4.39. The van der Waals surface area contributed by atoms with Crippen LogP contribution < -0.4 is 10.6 Å². The van der Waals surface area contributed by atoms with Crippen molar-refractivity contribution in [3.63, 3.8) is 0 Å². The molecule has 5 heteroatoms. The molecule has 2 aromatic rings. The number of amides is 2. The van der Waals surface area contributed by atoms with Crippen molar-refractivity contribution in [1.82, 2.24) is 10.6 Å². The van der Waals surface area contributed by atoms with Gasteiger partial charge in [0.05, 0.1) is 19.3 Å². The molecular weight excluding hydrogens is 340 g/mol. The van der Waals surface area contributed by atoms with E-state index in [1.165, 1.54) is 0 Å². The molecule has 0 heterocycles. The van der Waals surface area contributed by atoms with Crippen LogP contribution in [-0.2, 0) is 22.7 Å². The molecule has 0 spiro atoms. The van der Waals surface area contributed by atoms with Gasteiger partial charge in [-0.05, 0) is 18.1 Å². The van der Waals surface area contributed by atoms with E-state index in [-0.39, 0.29) is 24.3 Å². The summed E-state index contributed by atoms with van der Waals surface area (Å²) in [6, 6.07) is 19.6. The quantitative estimate of drug-likeness (QED) is 0.704. The fourth-order valence-corrected chi connectivity index (χ4v) is 3.03. The molecule has 0 aromatic heterocycles. The van der Waals surface area contributed by atoms with Crippen molar-refractivity contribution < 1.29 is 14.3 Å². The second kappa shape index (κ2) is 9.90. The highest BCUT2D eigenvalue weighted by molar-refractivity contribution is 5.74. The normalized spacial score (nSPS) is 21.1. The Morgan fingerprint density at radius 3 is 2.07 bits per heavy atom. The van der Waals surface area contributed by atoms with Crippen molar-refractivity contribution >= 4 is 6.03 Å². The maximum Gasteiger partial charge on any atom is 0.315 e. The average molecular weight is 366 g/mol. The molecule has 2 aromatic carbocycles. The molecular formula is C22H26N2O3. The standard InChI is InChI=1S/C22H26N2O3/c1-2-23-22(25)24-19-13-14-20(26-15-17-9-5-3-6-10-17)21(19)27-16-18-11-7-4-8-12-18/h3-14,19-21H,2,15-16H2,1H3,(H2,23,24,25)/t19-,20-,21+/m1/s1. The molecule has 27 heavy (non-hydrogen) atoms. The molecule has 3 atom stereocenters. The van der Waals surface area contributed by atoms with E-state index in [1.807, 2.05) is 79.7 Å². The Kier molecular flexibility index (Phi) is 7.02. The number of hydrogen-bond donors (Lipinski definition) is 2. The summed E-state index contributed by atoms with van der Waals surface area (Å²) in [6.45, 7) is 3.42. The van der Waals surface area contributed by atoms with Gasteiger partial charge in [-0.3, -0.25) is 0 Å². The van der Waals surface area contributed by atoms with E-state index in [4.69, 9.17) is 9.47 Å². The van der Waals surface area contributed by atoms with Crippen LogP contribution in [0.15, 0.2) is 72.8 Å². The molecule has 142 valence electrons. The van der Waals surface area contributed by atoms with Crippen LogP contribution in [0.5, 0.6) is 0 Å². The second-order valence-corrected chi connectivity index (χ2v) is 6.44. The smallest absolute Gasteiger partial charge is 0.315 e. The summed E-state index contributed by atoms with van der Waals surface area (Å²) in [7, 11) is 0. The Bertz CT molecular complexity index is 734. The maximum atomic E-state index is 12.0. The Hall–Kier alpha value is -2.63. The Balaban J connectivity index is 1.63. The molecule has 0 saturated heterocycles. The first-order valence-electron chi connectivity index (χ1n) is 9.30. The number of urea groups is 1. The van der Waals surface area contributed by atoms with Crippen LogP contribution in [0.25, 0.3) is 0 Å². The zero-order valence-electron chi connectivity index (χ0n) is 15.5. The van der Waals surface area contributed by atoms with Gasteiger partial charge in [0.25, 0.3) is 0 Å². The van der Waals surface area contributed by atoms with E-state index < -0.39 is 0 Å². The molecule has 0 fully saturated rings. The lowest BCUT2D eigenvalue weighted by Gasteiger charge is -2.26. The number of nitrogens with one attached hydrogen (secondary N) is 2. The molecule has 0 saturated carbocycles. The van der Waals surface area contributed by atoms with Gasteiger partial charge in [0.1, 0.15) is 12.2 Å². The first-order valence-corrected chi connectivity index (χ1v) is 9.30. The van der Waals surface area contributed by atoms with Gasteiger partial charge in [0.15, 0.2) is 0 Å². The van der Waals surface area contributed by atoms with Crippen molar-refractivity contribution in [3.8, 4) is 0 Å². The number of ether oxygens (including phenoxy) is 2. The Morgan fingerprint density at radius 2 is 1.48 bits per heavy atom. The van der Waals surface area contributed by atoms with Gasteiger partial charge >= 0.3 is 6.03 Å². The lowest BCUT2D eigenvalue weighted by Crippen LogP contribution is -2.48. The predicted molar refractivity (Wildman–Crippen MR) is 105 cm³/mol. The number of hydrogen-bond acceptors (Lipinski definition) is 3. The minimum absolute atomic E-state index is 0.204. The molecule has 5 nitrogen and oxygen atoms in total. The molecule has 0 aliphatic heterocycles. The van der Waals surface area contributed by atoms with Crippen LogP contribution in [0, 0.1) is 0 Å². The highest BCUT2D eigenvalue weighted by Crippen LogP contribution is 2.22. The summed E-state index contributed by atoms with van der Waals surface area (Å²) in [5.74, 6) is 0. The molecule has 2 N–H and O–H groups in total. The fraction of sp³-hybridized carbons (Fsp3) is 0.318. The lowest BCUT2D eigenvalue weighted by atomic mass is 10.1. The minimum Gasteiger partial charge on any atom is -0.368 e. The second-order valence-electron chi connectivity index (χ2n) is 6.44. The van der Waals surface area contributed by atoms with Gasteiger partial charge in [-0.15, -0.1) is 0 Å². The Morgan fingerprint density at radius 1 is 0.889 bits per heavy atom. The molecule has 1 aliphatic carbocycles. The summed E-state index contributed by atoms with van der Waals surface area (Å²) >= 11 is 0. The lowest BCUT2D eigenvalue weighted by molar-refractivity contribution is -0.0644. The monoisotopic (exact) mass is 366 g/mol. The summed E-state index contributed by atoms with van der Waals surface area (Å²) in [5.41, 5.74) is 2.19. The molecule has 0 unspecified atom stereocenters. The summed E-state index contributed by atoms with van der Waals surface area (Å²) in [6.07, 6.45) is 3.41. The number of benzene rings is 2. The van der Waals surface area contributed by atoms with Crippen molar-refractivity contribution in [2.75, 3.05) is 6.54 Å². The molecule has 0 radical (unpaired) electrons. The summed E-state index contributed by atoms with van der Waals surface area (Å²) < 4.78 is 12.2. The average Bonchev–Trinajstić information content (AvgIpc) is 3.08. The zero-order chi connectivity index (χ0) is 18.9. The highest BCUT2D eigenvalue weighted by atomic mass is 16.5. The van der Waals surface area contributed by atoms with Gasteiger partial charge in [-0.2, -0.15) is 0 Å². The van der Waals surface area contributed by atoms with E-state index in [1.54, 1.807) is 0 Å². The molecule has 1 aliphatic rings. The van der Waals surface area contributed by atoms with Gasteiger partial charge in [-0.1, -0.05) is 72.8 Å². The van der Waals surface area contributed by atoms with Gasteiger partial charge in [0.2, 0.25) is 0 Å². The van der Waals surface area contributed by atoms with Crippen molar-refractivity contribution in [3.05, 3.63) is 83.9 Å². The van der Waals surface area contributed by atoms with Crippen LogP contribution in [0.2, 0.25) is 0 Å². The third kappa shape index (κ3) is 5.67. The summed E-state index contributed by atoms with van der Waals surface area (Å²) in [4.78, 5) is 12.0. The molecule has 3 rings (SSSR count). The van der Waals surface area contributed by atoms with Crippen LogP contribution in [0.4, 0.5) is 4.79 Å². The topological polar surface area (TPSA) is 59.6 Å². The van der Waals surface area contributed by atoms with Crippen LogP contribution >= 0.6 is 0 Å². The third-order valence-corrected chi connectivity index (χ3v) is 4.39. The van der Waals surface area contributed by atoms with Gasteiger partial charge < -0.3 is 20.1 Å². The maximum absolute atomic E-state index is 12.0. The zero-order valence-corrected chi connectivity index (χ0v) is 15.5. The van der Waals surface area contributed by atoms with E-state index in [9.17, 15) is 4.79 Å². The minimum atomic E-state index is -0.281. The van der Waals surface area contributed by atoms with E-state index in [2.05, 4.69) is 10.6 Å². The van der Waals surface area contributed by atoms with Crippen LogP contribution in [0.1, 0.15) is 18.1 Å². The summed E-state index contributed by atoms with van der Waals surface area (Å²) in [5, 5.41) is 5.71. The largest absolute Gasteiger partial charge is 0.368 e. The fourth-order valence-electron chi connectivity index (χ4n) is 3.03. The van der Waals surface area contributed by atoms with E-state index >= 15 is 0 Å².